The molecule has 29 heavy (non-hydrogen) atoms. The number of amides is 2. The van der Waals surface area contributed by atoms with Gasteiger partial charge in [-0.05, 0) is 55.5 Å². The van der Waals surface area contributed by atoms with E-state index in [4.69, 9.17) is 4.42 Å². The maximum absolute atomic E-state index is 12.6. The Morgan fingerprint density at radius 2 is 1.48 bits per heavy atom. The molecule has 8 nitrogen and oxygen atoms in total. The van der Waals surface area contributed by atoms with E-state index in [1.807, 2.05) is 30.3 Å². The summed E-state index contributed by atoms with van der Waals surface area (Å²) in [6, 6.07) is 19.3. The fourth-order valence-corrected chi connectivity index (χ4v) is 2.69. The van der Waals surface area contributed by atoms with Gasteiger partial charge >= 0.3 is 0 Å². The Kier molecular flexibility index (Phi) is 4.90. The molecule has 0 aliphatic rings. The first-order valence-corrected chi connectivity index (χ1v) is 8.86. The number of hydrogen-bond acceptors (Lipinski definition) is 5. The molecule has 8 heteroatoms. The maximum Gasteiger partial charge on any atom is 0.291 e. The molecule has 0 saturated heterocycles. The Hall–Kier alpha value is -4.20. The first-order valence-electron chi connectivity index (χ1n) is 8.86. The molecule has 2 aromatic heterocycles. The second-order valence-electron chi connectivity index (χ2n) is 6.22. The lowest BCUT2D eigenvalue weighted by molar-refractivity contribution is 0.0994. The van der Waals surface area contributed by atoms with Crippen LogP contribution in [0.3, 0.4) is 0 Å². The highest BCUT2D eigenvalue weighted by Gasteiger charge is 2.16. The van der Waals surface area contributed by atoms with Crippen LogP contribution in [0.25, 0.3) is 5.69 Å². The highest BCUT2D eigenvalue weighted by Crippen LogP contribution is 2.16. The zero-order valence-corrected chi connectivity index (χ0v) is 15.5. The Labute approximate surface area is 166 Å². The summed E-state index contributed by atoms with van der Waals surface area (Å²) in [5, 5.41) is 14.1. The van der Waals surface area contributed by atoms with Gasteiger partial charge in [0, 0.05) is 11.4 Å². The van der Waals surface area contributed by atoms with Crippen LogP contribution in [0.2, 0.25) is 0 Å². The number of para-hydroxylation sites is 1. The van der Waals surface area contributed by atoms with Gasteiger partial charge in [0.1, 0.15) is 0 Å². The van der Waals surface area contributed by atoms with Gasteiger partial charge < -0.3 is 15.1 Å². The number of hydrogen-bond donors (Lipinski definition) is 2. The van der Waals surface area contributed by atoms with Crippen LogP contribution in [0.1, 0.15) is 26.7 Å². The van der Waals surface area contributed by atoms with E-state index >= 15 is 0 Å². The van der Waals surface area contributed by atoms with Crippen LogP contribution >= 0.6 is 0 Å². The molecule has 0 bridgehead atoms. The van der Waals surface area contributed by atoms with Crippen molar-refractivity contribution in [3.63, 3.8) is 0 Å². The molecule has 2 heterocycles. The highest BCUT2D eigenvalue weighted by molar-refractivity contribution is 6.04. The number of aromatic nitrogens is 3. The molecular formula is C21H17N5O3. The van der Waals surface area contributed by atoms with E-state index in [0.717, 1.165) is 5.69 Å². The summed E-state index contributed by atoms with van der Waals surface area (Å²) < 4.78 is 5.05. The van der Waals surface area contributed by atoms with Crippen molar-refractivity contribution in [1.82, 2.24) is 15.0 Å². The minimum Gasteiger partial charge on any atom is -0.459 e. The number of carbonyl (C=O) groups is 2. The molecule has 144 valence electrons. The van der Waals surface area contributed by atoms with Crippen molar-refractivity contribution in [3.8, 4) is 5.69 Å². The van der Waals surface area contributed by atoms with E-state index in [2.05, 4.69) is 20.8 Å². The average molecular weight is 387 g/mol. The lowest BCUT2D eigenvalue weighted by atomic mass is 10.2. The van der Waals surface area contributed by atoms with Gasteiger partial charge in [-0.25, -0.2) is 0 Å². The topological polar surface area (TPSA) is 102 Å². The SMILES string of the molecule is Cc1nn(-c2ccccc2)nc1C(=O)Nc1ccc(NC(=O)c2ccco2)cc1. The summed E-state index contributed by atoms with van der Waals surface area (Å²) in [5.41, 5.74) is 2.68. The van der Waals surface area contributed by atoms with Crippen LogP contribution in [-0.2, 0) is 0 Å². The van der Waals surface area contributed by atoms with E-state index in [0.29, 0.717) is 17.1 Å². The Morgan fingerprint density at radius 1 is 0.828 bits per heavy atom. The molecule has 4 aromatic rings. The monoisotopic (exact) mass is 387 g/mol. The Balaban J connectivity index is 1.44. The van der Waals surface area contributed by atoms with Crippen molar-refractivity contribution in [2.24, 2.45) is 0 Å². The molecule has 2 amide bonds. The van der Waals surface area contributed by atoms with Gasteiger partial charge in [0.25, 0.3) is 11.8 Å². The number of aryl methyl sites for hydroxylation is 1. The lowest BCUT2D eigenvalue weighted by Gasteiger charge is -2.06. The number of benzene rings is 2. The normalized spacial score (nSPS) is 10.5. The Morgan fingerprint density at radius 3 is 2.10 bits per heavy atom. The largest absolute Gasteiger partial charge is 0.459 e. The summed E-state index contributed by atoms with van der Waals surface area (Å²) in [6.45, 7) is 1.73. The molecule has 2 N–H and O–H groups in total. The fourth-order valence-electron chi connectivity index (χ4n) is 2.69. The summed E-state index contributed by atoms with van der Waals surface area (Å²) in [6.07, 6.45) is 1.43. The van der Waals surface area contributed by atoms with Gasteiger partial charge in [-0.1, -0.05) is 18.2 Å². The molecule has 0 aliphatic heterocycles. The van der Waals surface area contributed by atoms with Crippen LogP contribution in [-0.4, -0.2) is 26.8 Å². The highest BCUT2D eigenvalue weighted by atomic mass is 16.3. The second kappa shape index (κ2) is 7.81. The molecule has 4 rings (SSSR count). The van der Waals surface area contributed by atoms with Crippen LogP contribution in [0.5, 0.6) is 0 Å². The third kappa shape index (κ3) is 4.06. The van der Waals surface area contributed by atoms with Crippen molar-refractivity contribution >= 4 is 23.2 Å². The van der Waals surface area contributed by atoms with Crippen LogP contribution in [0.4, 0.5) is 11.4 Å². The number of carbonyl (C=O) groups excluding carboxylic acids is 2. The molecule has 0 radical (unpaired) electrons. The maximum atomic E-state index is 12.6. The van der Waals surface area contributed by atoms with Crippen LogP contribution in [0.15, 0.2) is 77.4 Å². The molecule has 0 unspecified atom stereocenters. The first kappa shape index (κ1) is 18.2. The molecule has 0 aliphatic carbocycles. The fraction of sp³-hybridized carbons (Fsp3) is 0.0476. The van der Waals surface area contributed by atoms with Crippen molar-refractivity contribution in [2.45, 2.75) is 6.92 Å². The number of nitrogens with one attached hydrogen (secondary N) is 2. The van der Waals surface area contributed by atoms with Gasteiger partial charge in [0.15, 0.2) is 11.5 Å². The predicted octanol–water partition coefficient (Wildman–Crippen LogP) is 3.67. The minimum absolute atomic E-state index is 0.222. The first-order chi connectivity index (χ1) is 14.1. The minimum atomic E-state index is -0.364. The van der Waals surface area contributed by atoms with E-state index in [-0.39, 0.29) is 23.3 Å². The quantitative estimate of drug-likeness (QED) is 0.544. The molecule has 0 spiro atoms. The Bertz CT molecular complexity index is 1130. The van der Waals surface area contributed by atoms with Crippen molar-refractivity contribution < 1.29 is 14.0 Å². The van der Waals surface area contributed by atoms with Gasteiger partial charge in [0.2, 0.25) is 0 Å². The van der Waals surface area contributed by atoms with Crippen molar-refractivity contribution in [2.75, 3.05) is 10.6 Å². The third-order valence-electron chi connectivity index (χ3n) is 4.13. The standard InChI is InChI=1S/C21H17N5O3/c1-14-19(25-26(24-14)17-6-3-2-4-7-17)21(28)23-16-11-9-15(10-12-16)22-20(27)18-8-5-13-29-18/h2-13H,1H3,(H,22,27)(H,23,28). The third-order valence-corrected chi connectivity index (χ3v) is 4.13. The number of nitrogens with zero attached hydrogens (tertiary/aromatic N) is 3. The number of rotatable bonds is 5. The van der Waals surface area contributed by atoms with E-state index in [9.17, 15) is 9.59 Å². The van der Waals surface area contributed by atoms with Gasteiger partial charge in [-0.2, -0.15) is 9.90 Å². The zero-order valence-electron chi connectivity index (χ0n) is 15.5. The summed E-state index contributed by atoms with van der Waals surface area (Å²) in [7, 11) is 0. The van der Waals surface area contributed by atoms with Crippen LogP contribution in [0, 0.1) is 6.92 Å². The summed E-state index contributed by atoms with van der Waals surface area (Å²) in [5.74, 6) is -0.489. The van der Waals surface area contributed by atoms with E-state index < -0.39 is 0 Å². The number of anilines is 2. The van der Waals surface area contributed by atoms with E-state index in [1.165, 1.54) is 11.1 Å². The second-order valence-corrected chi connectivity index (χ2v) is 6.22. The smallest absolute Gasteiger partial charge is 0.291 e. The van der Waals surface area contributed by atoms with Gasteiger partial charge in [0.05, 0.1) is 17.6 Å². The molecule has 0 fully saturated rings. The molecule has 2 aromatic carbocycles. The van der Waals surface area contributed by atoms with Gasteiger partial charge in [-0.15, -0.1) is 5.10 Å². The zero-order chi connectivity index (χ0) is 20.2. The summed E-state index contributed by atoms with van der Waals surface area (Å²) >= 11 is 0. The summed E-state index contributed by atoms with van der Waals surface area (Å²) in [4.78, 5) is 26.0. The molecular weight excluding hydrogens is 370 g/mol. The number of furan rings is 1. The lowest BCUT2D eigenvalue weighted by Crippen LogP contribution is -2.14. The van der Waals surface area contributed by atoms with E-state index in [1.54, 1.807) is 43.3 Å². The van der Waals surface area contributed by atoms with Gasteiger partial charge in [-0.3, -0.25) is 9.59 Å². The molecule has 0 saturated carbocycles. The predicted molar refractivity (Wildman–Crippen MR) is 107 cm³/mol. The van der Waals surface area contributed by atoms with Crippen LogP contribution < -0.4 is 10.6 Å². The van der Waals surface area contributed by atoms with Crippen molar-refractivity contribution in [1.29, 1.82) is 0 Å². The average Bonchev–Trinajstić information content (AvgIpc) is 3.40. The van der Waals surface area contributed by atoms with Crippen molar-refractivity contribution in [3.05, 3.63) is 90.1 Å². The molecule has 0 atom stereocenters.